The maximum atomic E-state index is 11.0. The molecule has 7 atom stereocenters. The van der Waals surface area contributed by atoms with E-state index in [4.69, 9.17) is 0 Å². The number of rotatable bonds is 1. The smallest absolute Gasteiger partial charge is 0.0653 e. The zero-order chi connectivity index (χ0) is 14.9. The quantitative estimate of drug-likeness (QED) is 0.772. The summed E-state index contributed by atoms with van der Waals surface area (Å²) in [5.74, 6) is 2.65. The summed E-state index contributed by atoms with van der Waals surface area (Å²) in [7, 11) is 0. The summed E-state index contributed by atoms with van der Waals surface area (Å²) in [6, 6.07) is 0. The summed E-state index contributed by atoms with van der Waals surface area (Å²) < 4.78 is 0. The average Bonchev–Trinajstić information content (AvgIpc) is 2.68. The number of hydrogen-bond donors (Lipinski definition) is 2. The summed E-state index contributed by atoms with van der Waals surface area (Å²) >= 11 is 0. The van der Waals surface area contributed by atoms with Gasteiger partial charge in [-0.15, -0.1) is 0 Å². The second-order valence-corrected chi connectivity index (χ2v) is 9.41. The van der Waals surface area contributed by atoms with Crippen LogP contribution in [-0.2, 0) is 0 Å². The molecule has 4 fully saturated rings. The van der Waals surface area contributed by atoms with Gasteiger partial charge in [-0.1, -0.05) is 13.3 Å². The van der Waals surface area contributed by atoms with Crippen LogP contribution in [0, 0.1) is 34.5 Å². The Morgan fingerprint density at radius 1 is 0.952 bits per heavy atom. The van der Waals surface area contributed by atoms with Crippen LogP contribution in [0.2, 0.25) is 0 Å². The van der Waals surface area contributed by atoms with Crippen LogP contribution in [0.5, 0.6) is 0 Å². The zero-order valence-corrected chi connectivity index (χ0v) is 13.8. The minimum Gasteiger partial charge on any atom is -0.396 e. The Hall–Kier alpha value is -0.0800. The molecule has 0 amide bonds. The molecule has 4 saturated carbocycles. The highest BCUT2D eigenvalue weighted by Crippen LogP contribution is 2.71. The first kappa shape index (κ1) is 14.5. The van der Waals surface area contributed by atoms with Crippen molar-refractivity contribution in [2.75, 3.05) is 6.61 Å². The fourth-order valence-corrected chi connectivity index (χ4v) is 7.77. The Labute approximate surface area is 129 Å². The van der Waals surface area contributed by atoms with E-state index in [9.17, 15) is 10.2 Å². The topological polar surface area (TPSA) is 40.5 Å². The van der Waals surface area contributed by atoms with Gasteiger partial charge in [-0.25, -0.2) is 0 Å². The van der Waals surface area contributed by atoms with Gasteiger partial charge in [0.25, 0.3) is 0 Å². The molecule has 21 heavy (non-hydrogen) atoms. The van der Waals surface area contributed by atoms with Crippen LogP contribution in [0.15, 0.2) is 0 Å². The lowest BCUT2D eigenvalue weighted by Gasteiger charge is -2.63. The Bertz CT molecular complexity index is 431. The highest BCUT2D eigenvalue weighted by Gasteiger charge is 2.64. The molecule has 0 saturated heterocycles. The van der Waals surface area contributed by atoms with E-state index in [2.05, 4.69) is 13.8 Å². The fraction of sp³-hybridized carbons (Fsp3) is 1.00. The van der Waals surface area contributed by atoms with Crippen LogP contribution in [0.4, 0.5) is 0 Å². The normalized spacial score (nSPS) is 59.4. The molecule has 0 aliphatic heterocycles. The number of hydrogen-bond acceptors (Lipinski definition) is 2. The van der Waals surface area contributed by atoms with E-state index < -0.39 is 5.60 Å². The van der Waals surface area contributed by atoms with Gasteiger partial charge in [0.1, 0.15) is 0 Å². The molecule has 0 heterocycles. The molecule has 4 rings (SSSR count). The second kappa shape index (κ2) is 4.47. The van der Waals surface area contributed by atoms with Crippen molar-refractivity contribution in [2.45, 2.75) is 77.2 Å². The minimum absolute atomic E-state index is 0.343. The van der Waals surface area contributed by atoms with E-state index in [1.54, 1.807) is 0 Å². The van der Waals surface area contributed by atoms with Gasteiger partial charge in [-0.05, 0) is 92.8 Å². The molecule has 4 aliphatic carbocycles. The van der Waals surface area contributed by atoms with Crippen LogP contribution in [-0.4, -0.2) is 22.4 Å². The Kier molecular flexibility index (Phi) is 3.09. The summed E-state index contributed by atoms with van der Waals surface area (Å²) in [6.45, 7) is 5.00. The van der Waals surface area contributed by atoms with Crippen molar-refractivity contribution in [3.63, 3.8) is 0 Å². The van der Waals surface area contributed by atoms with Gasteiger partial charge in [0, 0.05) is 6.61 Å². The van der Waals surface area contributed by atoms with Gasteiger partial charge >= 0.3 is 0 Å². The number of aliphatic hydroxyl groups excluding tert-OH is 1. The lowest BCUT2D eigenvalue weighted by Crippen LogP contribution is -2.58. The fourth-order valence-electron chi connectivity index (χ4n) is 7.77. The van der Waals surface area contributed by atoms with E-state index >= 15 is 0 Å². The maximum absolute atomic E-state index is 11.0. The standard InChI is InChI=1S/C19H32O2/c1-17-7-3-8-18(2,21)15(17)6-9-19-10-13(4-5-16(17)19)14(11-19)12-20/h13-16,20-21H,3-12H2,1-2H3/t13-,14-,15-,16+,17+,18-,19+/m0/s1. The summed E-state index contributed by atoms with van der Waals surface area (Å²) in [5, 5.41) is 20.7. The molecule has 0 aromatic heterocycles. The van der Waals surface area contributed by atoms with Crippen molar-refractivity contribution in [3.05, 3.63) is 0 Å². The molecule has 2 N–H and O–H groups in total. The van der Waals surface area contributed by atoms with Gasteiger partial charge < -0.3 is 10.2 Å². The SMILES string of the molecule is C[C@@]12CCC[C@](C)(O)[C@H]1CC[C@@]13C[C@@H](CO)[C@@H](CC[C@@H]12)C3. The lowest BCUT2D eigenvalue weighted by atomic mass is 9.43. The second-order valence-electron chi connectivity index (χ2n) is 9.41. The first-order valence-corrected chi connectivity index (χ1v) is 9.25. The molecule has 0 aromatic carbocycles. The molecule has 2 heteroatoms. The molecule has 4 aliphatic rings. The van der Waals surface area contributed by atoms with Crippen LogP contribution in [0.1, 0.15) is 71.6 Å². The lowest BCUT2D eigenvalue weighted by molar-refractivity contribution is -0.180. The first-order chi connectivity index (χ1) is 9.91. The van der Waals surface area contributed by atoms with Crippen molar-refractivity contribution >= 4 is 0 Å². The highest BCUT2D eigenvalue weighted by atomic mass is 16.3. The third-order valence-electron chi connectivity index (χ3n) is 8.48. The Morgan fingerprint density at radius 2 is 1.76 bits per heavy atom. The zero-order valence-electron chi connectivity index (χ0n) is 13.8. The Balaban J connectivity index is 1.70. The molecule has 2 bridgehead atoms. The van der Waals surface area contributed by atoms with E-state index in [1.807, 2.05) is 0 Å². The van der Waals surface area contributed by atoms with Crippen molar-refractivity contribution in [1.29, 1.82) is 0 Å². The third kappa shape index (κ3) is 1.84. The first-order valence-electron chi connectivity index (χ1n) is 9.25. The highest BCUT2D eigenvalue weighted by molar-refractivity contribution is 5.13. The largest absolute Gasteiger partial charge is 0.396 e. The van der Waals surface area contributed by atoms with Crippen molar-refractivity contribution in [1.82, 2.24) is 0 Å². The monoisotopic (exact) mass is 292 g/mol. The third-order valence-corrected chi connectivity index (χ3v) is 8.48. The number of fused-ring (bicyclic) bond motifs is 3. The summed E-state index contributed by atoms with van der Waals surface area (Å²) in [6.07, 6.45) is 11.3. The van der Waals surface area contributed by atoms with E-state index in [1.165, 1.54) is 51.4 Å². The number of aliphatic hydroxyl groups is 2. The van der Waals surface area contributed by atoms with Gasteiger partial charge in [-0.3, -0.25) is 0 Å². The predicted molar refractivity (Wildman–Crippen MR) is 83.8 cm³/mol. The van der Waals surface area contributed by atoms with E-state index in [0.717, 1.165) is 18.3 Å². The molecule has 120 valence electrons. The van der Waals surface area contributed by atoms with Gasteiger partial charge in [0.15, 0.2) is 0 Å². The molecule has 0 aromatic rings. The van der Waals surface area contributed by atoms with Crippen molar-refractivity contribution in [3.8, 4) is 0 Å². The van der Waals surface area contributed by atoms with E-state index in [0.29, 0.717) is 29.3 Å². The summed E-state index contributed by atoms with van der Waals surface area (Å²) in [5.41, 5.74) is 0.407. The van der Waals surface area contributed by atoms with Crippen molar-refractivity contribution < 1.29 is 10.2 Å². The maximum Gasteiger partial charge on any atom is 0.0653 e. The average molecular weight is 292 g/mol. The molecule has 0 unspecified atom stereocenters. The molecular formula is C19H32O2. The molecular weight excluding hydrogens is 260 g/mol. The van der Waals surface area contributed by atoms with Crippen LogP contribution in [0.3, 0.4) is 0 Å². The van der Waals surface area contributed by atoms with Gasteiger partial charge in [0.2, 0.25) is 0 Å². The molecule has 0 radical (unpaired) electrons. The van der Waals surface area contributed by atoms with Crippen molar-refractivity contribution in [2.24, 2.45) is 34.5 Å². The Morgan fingerprint density at radius 3 is 2.52 bits per heavy atom. The molecule has 2 nitrogen and oxygen atoms in total. The van der Waals surface area contributed by atoms with Gasteiger partial charge in [-0.2, -0.15) is 0 Å². The van der Waals surface area contributed by atoms with Gasteiger partial charge in [0.05, 0.1) is 5.60 Å². The molecule has 1 spiro atoms. The van der Waals surface area contributed by atoms with E-state index in [-0.39, 0.29) is 0 Å². The minimum atomic E-state index is -0.444. The van der Waals surface area contributed by atoms with Crippen LogP contribution in [0.25, 0.3) is 0 Å². The van der Waals surface area contributed by atoms with Crippen LogP contribution < -0.4 is 0 Å². The summed E-state index contributed by atoms with van der Waals surface area (Å²) in [4.78, 5) is 0. The predicted octanol–water partition coefficient (Wildman–Crippen LogP) is 3.75. The van der Waals surface area contributed by atoms with Crippen LogP contribution >= 0.6 is 0 Å².